The van der Waals surface area contributed by atoms with Crippen molar-refractivity contribution in [1.29, 1.82) is 0 Å². The van der Waals surface area contributed by atoms with Gasteiger partial charge in [-0.2, -0.15) is 0 Å². The average Bonchev–Trinajstić information content (AvgIpc) is 2.46. The zero-order valence-electron chi connectivity index (χ0n) is 9.27. The Balaban J connectivity index is 3.18. The summed E-state index contributed by atoms with van der Waals surface area (Å²) in [6.07, 6.45) is 2.26. The standard InChI is InChI=1S/C11H19NO/c1-6-11(5,7-2)10-8(3)12-13-9(10)4/h6-7H2,1-5H3. The zero-order valence-corrected chi connectivity index (χ0v) is 9.27. The fraction of sp³-hybridized carbons (Fsp3) is 0.727. The number of aromatic nitrogens is 1. The molecule has 1 aromatic heterocycles. The molecule has 0 bridgehead atoms. The molecule has 0 aromatic carbocycles. The van der Waals surface area contributed by atoms with E-state index in [0.29, 0.717) is 0 Å². The van der Waals surface area contributed by atoms with Crippen molar-refractivity contribution in [3.8, 4) is 0 Å². The first-order chi connectivity index (χ1) is 6.05. The van der Waals surface area contributed by atoms with E-state index in [9.17, 15) is 0 Å². The van der Waals surface area contributed by atoms with E-state index in [1.807, 2.05) is 13.8 Å². The molecule has 0 unspecified atom stereocenters. The molecule has 0 amide bonds. The summed E-state index contributed by atoms with van der Waals surface area (Å²) < 4.78 is 5.20. The summed E-state index contributed by atoms with van der Waals surface area (Å²) in [7, 11) is 0. The summed E-state index contributed by atoms with van der Waals surface area (Å²) in [6, 6.07) is 0. The second-order valence-corrected chi connectivity index (χ2v) is 3.97. The Bertz CT molecular complexity index is 265. The van der Waals surface area contributed by atoms with Crippen molar-refractivity contribution in [1.82, 2.24) is 5.16 Å². The van der Waals surface area contributed by atoms with Gasteiger partial charge in [-0.1, -0.05) is 25.9 Å². The highest BCUT2D eigenvalue weighted by molar-refractivity contribution is 5.29. The number of aryl methyl sites for hydroxylation is 2. The second-order valence-electron chi connectivity index (χ2n) is 3.97. The van der Waals surface area contributed by atoms with E-state index >= 15 is 0 Å². The maximum Gasteiger partial charge on any atom is 0.137 e. The number of hydrogen-bond acceptors (Lipinski definition) is 2. The Labute approximate surface area is 80.3 Å². The fourth-order valence-electron chi connectivity index (χ4n) is 1.95. The number of rotatable bonds is 3. The van der Waals surface area contributed by atoms with Crippen LogP contribution in [0.5, 0.6) is 0 Å². The molecule has 0 radical (unpaired) electrons. The molecule has 0 aliphatic rings. The minimum atomic E-state index is 0.230. The molecule has 2 heteroatoms. The minimum absolute atomic E-state index is 0.230. The first-order valence-corrected chi connectivity index (χ1v) is 4.98. The maximum absolute atomic E-state index is 5.20. The van der Waals surface area contributed by atoms with Crippen molar-refractivity contribution in [2.24, 2.45) is 0 Å². The van der Waals surface area contributed by atoms with Gasteiger partial charge in [0.15, 0.2) is 0 Å². The summed E-state index contributed by atoms with van der Waals surface area (Å²) in [5, 5.41) is 4.00. The second kappa shape index (κ2) is 3.52. The number of hydrogen-bond donors (Lipinski definition) is 0. The smallest absolute Gasteiger partial charge is 0.137 e. The predicted molar refractivity (Wildman–Crippen MR) is 53.9 cm³/mol. The highest BCUT2D eigenvalue weighted by Gasteiger charge is 2.28. The molecule has 0 fully saturated rings. The highest BCUT2D eigenvalue weighted by atomic mass is 16.5. The van der Waals surface area contributed by atoms with Crippen LogP contribution in [0, 0.1) is 13.8 Å². The lowest BCUT2D eigenvalue weighted by Gasteiger charge is -2.26. The molecule has 2 nitrogen and oxygen atoms in total. The third-order valence-electron chi connectivity index (χ3n) is 3.20. The van der Waals surface area contributed by atoms with E-state index in [1.165, 1.54) is 5.56 Å². The quantitative estimate of drug-likeness (QED) is 0.714. The summed E-state index contributed by atoms with van der Waals surface area (Å²) in [5.41, 5.74) is 2.58. The van der Waals surface area contributed by atoms with Crippen LogP contribution in [0.1, 0.15) is 50.6 Å². The van der Waals surface area contributed by atoms with Crippen LogP contribution in [0.15, 0.2) is 4.52 Å². The third-order valence-corrected chi connectivity index (χ3v) is 3.20. The summed E-state index contributed by atoms with van der Waals surface area (Å²) in [4.78, 5) is 0. The van der Waals surface area contributed by atoms with Crippen molar-refractivity contribution < 1.29 is 4.52 Å². The molecule has 0 saturated heterocycles. The van der Waals surface area contributed by atoms with E-state index in [0.717, 1.165) is 24.3 Å². The Morgan fingerprint density at radius 3 is 2.08 bits per heavy atom. The van der Waals surface area contributed by atoms with E-state index in [2.05, 4.69) is 25.9 Å². The van der Waals surface area contributed by atoms with Crippen molar-refractivity contribution >= 4 is 0 Å². The van der Waals surface area contributed by atoms with Crippen molar-refractivity contribution in [2.75, 3.05) is 0 Å². The van der Waals surface area contributed by atoms with Gasteiger partial charge in [0.1, 0.15) is 5.76 Å². The van der Waals surface area contributed by atoms with Gasteiger partial charge in [-0.25, -0.2) is 0 Å². The molecule has 0 N–H and O–H groups in total. The predicted octanol–water partition coefficient (Wildman–Crippen LogP) is 3.37. The van der Waals surface area contributed by atoms with Gasteiger partial charge in [0, 0.05) is 5.56 Å². The molecule has 1 heterocycles. The van der Waals surface area contributed by atoms with E-state index in [1.54, 1.807) is 0 Å². The largest absolute Gasteiger partial charge is 0.361 e. The first-order valence-electron chi connectivity index (χ1n) is 4.98. The maximum atomic E-state index is 5.20. The van der Waals surface area contributed by atoms with Crippen LogP contribution >= 0.6 is 0 Å². The van der Waals surface area contributed by atoms with Gasteiger partial charge >= 0.3 is 0 Å². The van der Waals surface area contributed by atoms with E-state index in [-0.39, 0.29) is 5.41 Å². The average molecular weight is 181 g/mol. The van der Waals surface area contributed by atoms with Crippen molar-refractivity contribution in [3.05, 3.63) is 17.0 Å². The summed E-state index contributed by atoms with van der Waals surface area (Å²) >= 11 is 0. The van der Waals surface area contributed by atoms with Crippen molar-refractivity contribution in [2.45, 2.75) is 52.9 Å². The van der Waals surface area contributed by atoms with Gasteiger partial charge in [-0.15, -0.1) is 0 Å². The number of nitrogens with zero attached hydrogens (tertiary/aromatic N) is 1. The van der Waals surface area contributed by atoms with Crippen LogP contribution in [0.2, 0.25) is 0 Å². The Kier molecular flexibility index (Phi) is 2.79. The van der Waals surface area contributed by atoms with Crippen LogP contribution in [-0.4, -0.2) is 5.16 Å². The lowest BCUT2D eigenvalue weighted by molar-refractivity contribution is 0.381. The molecular formula is C11H19NO. The third kappa shape index (κ3) is 1.62. The monoisotopic (exact) mass is 181 g/mol. The SMILES string of the molecule is CCC(C)(CC)c1c(C)noc1C. The zero-order chi connectivity index (χ0) is 10.1. The molecule has 0 spiro atoms. The van der Waals surface area contributed by atoms with Crippen molar-refractivity contribution in [3.63, 3.8) is 0 Å². The Morgan fingerprint density at radius 1 is 1.23 bits per heavy atom. The Hall–Kier alpha value is -0.790. The topological polar surface area (TPSA) is 26.0 Å². The van der Waals surface area contributed by atoms with Gasteiger partial charge < -0.3 is 4.52 Å². The summed E-state index contributed by atoms with van der Waals surface area (Å²) in [5.74, 6) is 0.976. The van der Waals surface area contributed by atoms with Gasteiger partial charge in [0.2, 0.25) is 0 Å². The molecule has 13 heavy (non-hydrogen) atoms. The lowest BCUT2D eigenvalue weighted by atomic mass is 9.77. The first kappa shape index (κ1) is 10.3. The van der Waals surface area contributed by atoms with Crippen LogP contribution in [0.3, 0.4) is 0 Å². The van der Waals surface area contributed by atoms with Crippen LogP contribution < -0.4 is 0 Å². The normalized spacial score (nSPS) is 12.1. The molecule has 1 rings (SSSR count). The highest BCUT2D eigenvalue weighted by Crippen LogP contribution is 2.35. The van der Waals surface area contributed by atoms with E-state index < -0.39 is 0 Å². The van der Waals surface area contributed by atoms with Gasteiger partial charge in [0.05, 0.1) is 5.69 Å². The van der Waals surface area contributed by atoms with Crippen LogP contribution in [0.25, 0.3) is 0 Å². The lowest BCUT2D eigenvalue weighted by Crippen LogP contribution is -2.21. The van der Waals surface area contributed by atoms with Gasteiger partial charge in [-0.3, -0.25) is 0 Å². The minimum Gasteiger partial charge on any atom is -0.361 e. The Morgan fingerprint density at radius 2 is 1.77 bits per heavy atom. The molecule has 0 aliphatic carbocycles. The van der Waals surface area contributed by atoms with Crippen LogP contribution in [-0.2, 0) is 5.41 Å². The molecule has 0 atom stereocenters. The molecule has 0 aliphatic heterocycles. The fourth-order valence-corrected chi connectivity index (χ4v) is 1.95. The molecule has 74 valence electrons. The van der Waals surface area contributed by atoms with Gasteiger partial charge in [-0.05, 0) is 32.1 Å². The van der Waals surface area contributed by atoms with Gasteiger partial charge in [0.25, 0.3) is 0 Å². The van der Waals surface area contributed by atoms with Crippen LogP contribution in [0.4, 0.5) is 0 Å². The molecular weight excluding hydrogens is 162 g/mol. The molecule has 0 saturated carbocycles. The van der Waals surface area contributed by atoms with E-state index in [4.69, 9.17) is 4.52 Å². The summed E-state index contributed by atoms with van der Waals surface area (Å²) in [6.45, 7) is 10.7. The molecule has 1 aromatic rings.